The van der Waals surface area contributed by atoms with Gasteiger partial charge in [0, 0.05) is 6.42 Å². The molecular weight excluding hydrogens is 212 g/mol. The summed E-state index contributed by atoms with van der Waals surface area (Å²) in [5, 5.41) is 0. The topological polar surface area (TPSA) is 26.3 Å². The number of carbonyl (C=O) groups excluding carboxylic acids is 1. The van der Waals surface area contributed by atoms with Crippen molar-refractivity contribution < 1.29 is 9.53 Å². The minimum Gasteiger partial charge on any atom is -0.490 e. The van der Waals surface area contributed by atoms with Crippen LogP contribution in [0.3, 0.4) is 0 Å². The van der Waals surface area contributed by atoms with Crippen LogP contribution in [0.15, 0.2) is 30.0 Å². The van der Waals surface area contributed by atoms with Crippen LogP contribution in [0.4, 0.5) is 0 Å². The molecule has 1 aromatic carbocycles. The highest BCUT2D eigenvalue weighted by molar-refractivity contribution is 5.95. The van der Waals surface area contributed by atoms with Gasteiger partial charge in [-0.3, -0.25) is 4.79 Å². The van der Waals surface area contributed by atoms with Gasteiger partial charge < -0.3 is 4.74 Å². The Morgan fingerprint density at radius 3 is 2.88 bits per heavy atom. The SMILES string of the molecule is Cc1ccc(C)c(CC(=O)C2=CCCCO2)c1. The molecule has 2 rings (SSSR count). The fourth-order valence-electron chi connectivity index (χ4n) is 2.00. The molecule has 2 heteroatoms. The average molecular weight is 230 g/mol. The molecule has 2 nitrogen and oxygen atoms in total. The van der Waals surface area contributed by atoms with Crippen LogP contribution in [-0.2, 0) is 16.0 Å². The first kappa shape index (κ1) is 11.9. The lowest BCUT2D eigenvalue weighted by atomic mass is 9.99. The summed E-state index contributed by atoms with van der Waals surface area (Å²) >= 11 is 0. The number of benzene rings is 1. The molecule has 0 radical (unpaired) electrons. The molecule has 0 bridgehead atoms. The average Bonchev–Trinajstić information content (AvgIpc) is 2.35. The molecule has 17 heavy (non-hydrogen) atoms. The normalized spacial score (nSPS) is 15.1. The van der Waals surface area contributed by atoms with E-state index in [9.17, 15) is 4.79 Å². The summed E-state index contributed by atoms with van der Waals surface area (Å²) in [6.45, 7) is 4.76. The second kappa shape index (κ2) is 5.17. The van der Waals surface area contributed by atoms with Gasteiger partial charge >= 0.3 is 0 Å². The van der Waals surface area contributed by atoms with Crippen molar-refractivity contribution in [3.63, 3.8) is 0 Å². The third-order valence-electron chi connectivity index (χ3n) is 3.07. The predicted octanol–water partition coefficient (Wildman–Crippen LogP) is 3.11. The van der Waals surface area contributed by atoms with Gasteiger partial charge in [-0.1, -0.05) is 23.8 Å². The molecule has 1 aromatic rings. The van der Waals surface area contributed by atoms with Crippen LogP contribution in [0.25, 0.3) is 0 Å². The first-order valence-corrected chi connectivity index (χ1v) is 6.09. The van der Waals surface area contributed by atoms with E-state index < -0.39 is 0 Å². The zero-order chi connectivity index (χ0) is 12.3. The van der Waals surface area contributed by atoms with Crippen LogP contribution in [0, 0.1) is 13.8 Å². The van der Waals surface area contributed by atoms with Gasteiger partial charge in [0.05, 0.1) is 6.61 Å². The Bertz CT molecular complexity index is 458. The Balaban J connectivity index is 2.12. The van der Waals surface area contributed by atoms with Gasteiger partial charge in [-0.15, -0.1) is 0 Å². The Labute approximate surface area is 102 Å². The number of carbonyl (C=O) groups is 1. The zero-order valence-electron chi connectivity index (χ0n) is 10.5. The van der Waals surface area contributed by atoms with E-state index in [4.69, 9.17) is 4.74 Å². The largest absolute Gasteiger partial charge is 0.490 e. The summed E-state index contributed by atoms with van der Waals surface area (Å²) in [5.41, 5.74) is 3.46. The summed E-state index contributed by atoms with van der Waals surface area (Å²) in [4.78, 5) is 12.0. The third-order valence-corrected chi connectivity index (χ3v) is 3.07. The zero-order valence-corrected chi connectivity index (χ0v) is 10.5. The fourth-order valence-corrected chi connectivity index (χ4v) is 2.00. The van der Waals surface area contributed by atoms with Gasteiger partial charge in [0.25, 0.3) is 0 Å². The quantitative estimate of drug-likeness (QED) is 0.797. The Kier molecular flexibility index (Phi) is 3.62. The number of aryl methyl sites for hydroxylation is 2. The highest BCUT2D eigenvalue weighted by atomic mass is 16.5. The van der Waals surface area contributed by atoms with E-state index in [1.54, 1.807) is 0 Å². The van der Waals surface area contributed by atoms with Crippen molar-refractivity contribution in [3.05, 3.63) is 46.7 Å². The van der Waals surface area contributed by atoms with Gasteiger partial charge in [0.1, 0.15) is 0 Å². The summed E-state index contributed by atoms with van der Waals surface area (Å²) in [5.74, 6) is 0.649. The number of ether oxygens (including phenoxy) is 1. The Hall–Kier alpha value is -1.57. The smallest absolute Gasteiger partial charge is 0.201 e. The molecule has 1 aliphatic heterocycles. The molecule has 0 spiro atoms. The molecule has 90 valence electrons. The van der Waals surface area contributed by atoms with Crippen molar-refractivity contribution in [2.75, 3.05) is 6.61 Å². The first-order chi connectivity index (χ1) is 8.16. The van der Waals surface area contributed by atoms with E-state index in [0.717, 1.165) is 18.4 Å². The molecule has 0 amide bonds. The minimum absolute atomic E-state index is 0.0957. The van der Waals surface area contributed by atoms with Crippen LogP contribution in [0.5, 0.6) is 0 Å². The fraction of sp³-hybridized carbons (Fsp3) is 0.400. The number of Topliss-reactive ketones (excluding diaryl/α,β-unsaturated/α-hetero) is 1. The number of hydrogen-bond acceptors (Lipinski definition) is 2. The maximum atomic E-state index is 12.0. The predicted molar refractivity (Wildman–Crippen MR) is 67.9 cm³/mol. The number of allylic oxidation sites excluding steroid dienone is 2. The van der Waals surface area contributed by atoms with Gasteiger partial charge in [-0.25, -0.2) is 0 Å². The van der Waals surface area contributed by atoms with E-state index in [0.29, 0.717) is 18.8 Å². The van der Waals surface area contributed by atoms with Gasteiger partial charge in [-0.2, -0.15) is 0 Å². The molecular formula is C15H18O2. The highest BCUT2D eigenvalue weighted by Gasteiger charge is 2.15. The Morgan fingerprint density at radius 2 is 2.18 bits per heavy atom. The van der Waals surface area contributed by atoms with Crippen LogP contribution in [0.2, 0.25) is 0 Å². The summed E-state index contributed by atoms with van der Waals surface area (Å²) in [6, 6.07) is 6.21. The first-order valence-electron chi connectivity index (χ1n) is 6.09. The van der Waals surface area contributed by atoms with E-state index in [2.05, 4.69) is 18.2 Å². The van der Waals surface area contributed by atoms with Gasteiger partial charge in [0.2, 0.25) is 5.78 Å². The van der Waals surface area contributed by atoms with Gasteiger partial charge in [-0.05, 0) is 43.9 Å². The molecule has 0 aliphatic carbocycles. The van der Waals surface area contributed by atoms with E-state index in [1.165, 1.54) is 11.1 Å². The van der Waals surface area contributed by atoms with E-state index in [1.807, 2.05) is 19.9 Å². The minimum atomic E-state index is 0.0957. The highest BCUT2D eigenvalue weighted by Crippen LogP contribution is 2.16. The van der Waals surface area contributed by atoms with Crippen molar-refractivity contribution in [1.29, 1.82) is 0 Å². The molecule has 0 N–H and O–H groups in total. The monoisotopic (exact) mass is 230 g/mol. The maximum Gasteiger partial charge on any atom is 0.201 e. The van der Waals surface area contributed by atoms with Crippen molar-refractivity contribution in [1.82, 2.24) is 0 Å². The standard InChI is InChI=1S/C15H18O2/c1-11-6-7-12(2)13(9-11)10-14(16)15-5-3-4-8-17-15/h5-7,9H,3-4,8,10H2,1-2H3. The summed E-state index contributed by atoms with van der Waals surface area (Å²) in [7, 11) is 0. The lowest BCUT2D eigenvalue weighted by Gasteiger charge is -2.14. The van der Waals surface area contributed by atoms with Crippen LogP contribution in [0.1, 0.15) is 29.5 Å². The molecule has 0 saturated heterocycles. The molecule has 1 heterocycles. The lowest BCUT2D eigenvalue weighted by Crippen LogP contribution is -2.13. The summed E-state index contributed by atoms with van der Waals surface area (Å²) < 4.78 is 5.39. The van der Waals surface area contributed by atoms with Crippen molar-refractivity contribution >= 4 is 5.78 Å². The van der Waals surface area contributed by atoms with Gasteiger partial charge in [0.15, 0.2) is 5.76 Å². The number of hydrogen-bond donors (Lipinski definition) is 0. The van der Waals surface area contributed by atoms with E-state index in [-0.39, 0.29) is 5.78 Å². The molecule has 0 fully saturated rings. The van der Waals surface area contributed by atoms with Crippen molar-refractivity contribution in [2.45, 2.75) is 33.1 Å². The third kappa shape index (κ3) is 2.96. The molecule has 0 atom stereocenters. The summed E-state index contributed by atoms with van der Waals surface area (Å²) in [6.07, 6.45) is 4.32. The lowest BCUT2D eigenvalue weighted by molar-refractivity contribution is -0.118. The molecule has 0 aromatic heterocycles. The molecule has 0 saturated carbocycles. The molecule has 0 unspecified atom stereocenters. The number of rotatable bonds is 3. The van der Waals surface area contributed by atoms with Crippen molar-refractivity contribution in [3.8, 4) is 0 Å². The second-order valence-corrected chi connectivity index (χ2v) is 4.59. The van der Waals surface area contributed by atoms with E-state index >= 15 is 0 Å². The maximum absolute atomic E-state index is 12.0. The van der Waals surface area contributed by atoms with Crippen LogP contribution >= 0.6 is 0 Å². The van der Waals surface area contributed by atoms with Crippen molar-refractivity contribution in [2.24, 2.45) is 0 Å². The Morgan fingerprint density at radius 1 is 1.35 bits per heavy atom. The molecule has 1 aliphatic rings. The number of ketones is 1. The second-order valence-electron chi connectivity index (χ2n) is 4.59. The van der Waals surface area contributed by atoms with Crippen LogP contribution in [-0.4, -0.2) is 12.4 Å². The van der Waals surface area contributed by atoms with Crippen LogP contribution < -0.4 is 0 Å².